The van der Waals surface area contributed by atoms with E-state index in [1.807, 2.05) is 30.3 Å². The summed E-state index contributed by atoms with van der Waals surface area (Å²) < 4.78 is 5.19. The van der Waals surface area contributed by atoms with Gasteiger partial charge in [-0.05, 0) is 35.9 Å². The van der Waals surface area contributed by atoms with E-state index in [1.54, 1.807) is 31.4 Å². The van der Waals surface area contributed by atoms with Crippen molar-refractivity contribution in [1.82, 2.24) is 0 Å². The molecule has 0 aliphatic heterocycles. The molecule has 0 unspecified atom stereocenters. The van der Waals surface area contributed by atoms with E-state index in [2.05, 4.69) is 4.99 Å². The van der Waals surface area contributed by atoms with Gasteiger partial charge in [-0.25, -0.2) is 4.99 Å². The number of nitrogens with zero attached hydrogens (tertiary/aromatic N) is 2. The second-order valence-corrected chi connectivity index (χ2v) is 4.17. The van der Waals surface area contributed by atoms with Crippen LogP contribution in [0, 0.1) is 10.1 Å². The van der Waals surface area contributed by atoms with Gasteiger partial charge in [-0.2, -0.15) is 0 Å². The Balaban J connectivity index is 2.14. The van der Waals surface area contributed by atoms with Gasteiger partial charge in [0.2, 0.25) is 5.90 Å². The van der Waals surface area contributed by atoms with Gasteiger partial charge in [0, 0.05) is 18.2 Å². The van der Waals surface area contributed by atoms with Gasteiger partial charge in [0.15, 0.2) is 0 Å². The zero-order chi connectivity index (χ0) is 15.1. The molecule has 0 N–H and O–H groups in total. The summed E-state index contributed by atoms with van der Waals surface area (Å²) in [6.45, 7) is 0. The predicted molar refractivity (Wildman–Crippen MR) is 82.7 cm³/mol. The Kier molecular flexibility index (Phi) is 4.82. The number of nitro benzene ring substituents is 1. The Morgan fingerprint density at radius 2 is 1.81 bits per heavy atom. The molecule has 0 heterocycles. The van der Waals surface area contributed by atoms with Gasteiger partial charge in [0.25, 0.3) is 5.69 Å². The quantitative estimate of drug-likeness (QED) is 0.368. The molecule has 2 rings (SSSR count). The van der Waals surface area contributed by atoms with Crippen LogP contribution < -0.4 is 0 Å². The molecule has 2 aromatic carbocycles. The monoisotopic (exact) mass is 282 g/mol. The molecular formula is C16H14N2O3. The van der Waals surface area contributed by atoms with Gasteiger partial charge < -0.3 is 4.74 Å². The zero-order valence-electron chi connectivity index (χ0n) is 11.5. The molecule has 5 nitrogen and oxygen atoms in total. The van der Waals surface area contributed by atoms with Gasteiger partial charge in [0.1, 0.15) is 0 Å². The molecule has 0 spiro atoms. The second-order valence-electron chi connectivity index (χ2n) is 4.17. The first-order valence-corrected chi connectivity index (χ1v) is 6.29. The van der Waals surface area contributed by atoms with Gasteiger partial charge in [-0.1, -0.05) is 18.2 Å². The SMILES string of the molecule is COC(/C=C/c1ccc([N+](=O)[O-])cc1)=Nc1ccccc1. The van der Waals surface area contributed by atoms with Crippen molar-refractivity contribution in [2.75, 3.05) is 7.11 Å². The lowest BCUT2D eigenvalue weighted by Crippen LogP contribution is -1.95. The lowest BCUT2D eigenvalue weighted by Gasteiger charge is -2.00. The Hall–Kier alpha value is -2.95. The summed E-state index contributed by atoms with van der Waals surface area (Å²) in [7, 11) is 1.54. The molecule has 5 heteroatoms. The minimum absolute atomic E-state index is 0.0667. The van der Waals surface area contributed by atoms with E-state index in [0.29, 0.717) is 5.90 Å². The lowest BCUT2D eigenvalue weighted by atomic mass is 10.2. The van der Waals surface area contributed by atoms with Crippen molar-refractivity contribution in [1.29, 1.82) is 0 Å². The van der Waals surface area contributed by atoms with Crippen LogP contribution in [0.3, 0.4) is 0 Å². The fourth-order valence-corrected chi connectivity index (χ4v) is 1.66. The van der Waals surface area contributed by atoms with Crippen molar-refractivity contribution in [2.24, 2.45) is 4.99 Å². The van der Waals surface area contributed by atoms with Crippen LogP contribution >= 0.6 is 0 Å². The number of non-ortho nitro benzene ring substituents is 1. The lowest BCUT2D eigenvalue weighted by molar-refractivity contribution is -0.384. The van der Waals surface area contributed by atoms with Crippen LogP contribution in [0.2, 0.25) is 0 Å². The third kappa shape index (κ3) is 4.28. The Morgan fingerprint density at radius 1 is 1.14 bits per heavy atom. The summed E-state index contributed by atoms with van der Waals surface area (Å²) in [4.78, 5) is 14.5. The van der Waals surface area contributed by atoms with Gasteiger partial charge >= 0.3 is 0 Å². The average Bonchev–Trinajstić information content (AvgIpc) is 2.52. The van der Waals surface area contributed by atoms with Crippen LogP contribution in [0.25, 0.3) is 6.08 Å². The standard InChI is InChI=1S/C16H14N2O3/c1-21-16(17-14-5-3-2-4-6-14)12-9-13-7-10-15(11-8-13)18(19)20/h2-12H,1H3/b12-9+,17-16?. The number of benzene rings is 2. The smallest absolute Gasteiger partial charge is 0.269 e. The summed E-state index contributed by atoms with van der Waals surface area (Å²) in [5.74, 6) is 0.458. The van der Waals surface area contributed by atoms with Gasteiger partial charge in [-0.3, -0.25) is 10.1 Å². The summed E-state index contributed by atoms with van der Waals surface area (Å²) in [5.41, 5.74) is 1.69. The number of nitro groups is 1. The van der Waals surface area contributed by atoms with Crippen molar-refractivity contribution in [3.05, 3.63) is 76.4 Å². The van der Waals surface area contributed by atoms with Crippen LogP contribution in [0.4, 0.5) is 11.4 Å². The number of para-hydroxylation sites is 1. The maximum atomic E-state index is 10.6. The fraction of sp³-hybridized carbons (Fsp3) is 0.0625. The topological polar surface area (TPSA) is 64.7 Å². The van der Waals surface area contributed by atoms with Crippen LogP contribution in [0.1, 0.15) is 5.56 Å². The first-order valence-electron chi connectivity index (χ1n) is 6.29. The fourth-order valence-electron chi connectivity index (χ4n) is 1.66. The van der Waals surface area contributed by atoms with Crippen LogP contribution in [-0.2, 0) is 4.74 Å². The second kappa shape index (κ2) is 7.00. The highest BCUT2D eigenvalue weighted by Gasteiger charge is 2.02. The van der Waals surface area contributed by atoms with E-state index in [9.17, 15) is 10.1 Å². The minimum Gasteiger partial charge on any atom is -0.481 e. The van der Waals surface area contributed by atoms with E-state index in [0.717, 1.165) is 11.3 Å². The maximum absolute atomic E-state index is 10.6. The van der Waals surface area contributed by atoms with Crippen molar-refractivity contribution in [2.45, 2.75) is 0 Å². The number of hydrogen-bond acceptors (Lipinski definition) is 4. The van der Waals surface area contributed by atoms with E-state index >= 15 is 0 Å². The number of ether oxygens (including phenoxy) is 1. The summed E-state index contributed by atoms with van der Waals surface area (Å²) in [6.07, 6.45) is 3.50. The van der Waals surface area contributed by atoms with Crippen molar-refractivity contribution in [3.8, 4) is 0 Å². The highest BCUT2D eigenvalue weighted by Crippen LogP contribution is 2.14. The average molecular weight is 282 g/mol. The summed E-state index contributed by atoms with van der Waals surface area (Å²) in [6, 6.07) is 15.7. The highest BCUT2D eigenvalue weighted by molar-refractivity contribution is 5.93. The maximum Gasteiger partial charge on any atom is 0.269 e. The molecule has 0 bridgehead atoms. The van der Waals surface area contributed by atoms with E-state index < -0.39 is 4.92 Å². The molecule has 106 valence electrons. The Bertz CT molecular complexity index is 662. The van der Waals surface area contributed by atoms with Gasteiger partial charge in [0.05, 0.1) is 17.7 Å². The van der Waals surface area contributed by atoms with E-state index in [1.165, 1.54) is 12.1 Å². The number of methoxy groups -OCH3 is 1. The molecule has 0 aliphatic carbocycles. The molecule has 2 aromatic rings. The van der Waals surface area contributed by atoms with Crippen LogP contribution in [0.5, 0.6) is 0 Å². The van der Waals surface area contributed by atoms with E-state index in [4.69, 9.17) is 4.74 Å². The highest BCUT2D eigenvalue weighted by atomic mass is 16.6. The van der Waals surface area contributed by atoms with Crippen molar-refractivity contribution in [3.63, 3.8) is 0 Å². The van der Waals surface area contributed by atoms with Crippen LogP contribution in [-0.4, -0.2) is 17.9 Å². The summed E-state index contributed by atoms with van der Waals surface area (Å²) >= 11 is 0. The first kappa shape index (κ1) is 14.5. The Morgan fingerprint density at radius 3 is 2.38 bits per heavy atom. The first-order chi connectivity index (χ1) is 10.2. The van der Waals surface area contributed by atoms with Crippen LogP contribution in [0.15, 0.2) is 65.7 Å². The largest absolute Gasteiger partial charge is 0.481 e. The summed E-state index contributed by atoms with van der Waals surface area (Å²) in [5, 5.41) is 10.6. The molecule has 0 saturated heterocycles. The minimum atomic E-state index is -0.426. The molecular weight excluding hydrogens is 268 g/mol. The molecule has 0 radical (unpaired) electrons. The van der Waals surface area contributed by atoms with Crippen molar-refractivity contribution >= 4 is 23.3 Å². The molecule has 0 saturated carbocycles. The molecule has 0 aromatic heterocycles. The van der Waals surface area contributed by atoms with Gasteiger partial charge in [-0.15, -0.1) is 0 Å². The molecule has 0 atom stereocenters. The third-order valence-electron chi connectivity index (χ3n) is 2.73. The number of aliphatic imine (C=N–C) groups is 1. The van der Waals surface area contributed by atoms with E-state index in [-0.39, 0.29) is 5.69 Å². The normalized spacial score (nSPS) is 11.6. The third-order valence-corrected chi connectivity index (χ3v) is 2.73. The molecule has 0 fully saturated rings. The van der Waals surface area contributed by atoms with Crippen molar-refractivity contribution < 1.29 is 9.66 Å². The number of rotatable bonds is 4. The molecule has 21 heavy (non-hydrogen) atoms. The zero-order valence-corrected chi connectivity index (χ0v) is 11.5. The molecule has 0 amide bonds. The predicted octanol–water partition coefficient (Wildman–Crippen LogP) is 3.98. The number of hydrogen-bond donors (Lipinski definition) is 0. The molecule has 0 aliphatic rings. The Labute approximate surface area is 122 Å².